The number of fused-ring (bicyclic) bond motifs is 3. The van der Waals surface area contributed by atoms with Crippen LogP contribution < -0.4 is 4.90 Å². The zero-order valence-corrected chi connectivity index (χ0v) is 76.8. The number of unbranched alkanes of at least 4 members (excludes halogenated alkanes) is 2. The quantitative estimate of drug-likeness (QED) is 0.0304. The van der Waals surface area contributed by atoms with Crippen LogP contribution >= 0.6 is 0 Å². The number of imidazole rings is 2. The first kappa shape index (κ1) is 91.7. The van der Waals surface area contributed by atoms with Gasteiger partial charge in [-0.25, -0.2) is 29.5 Å². The van der Waals surface area contributed by atoms with Crippen molar-refractivity contribution in [3.63, 3.8) is 0 Å². The smallest absolute Gasteiger partial charge is 0.336 e. The third kappa shape index (κ3) is 20.3. The van der Waals surface area contributed by atoms with Gasteiger partial charge in [0.25, 0.3) is 5.91 Å². The van der Waals surface area contributed by atoms with Gasteiger partial charge in [-0.3, -0.25) is 29.2 Å². The van der Waals surface area contributed by atoms with Gasteiger partial charge in [0.2, 0.25) is 29.3 Å². The lowest BCUT2D eigenvalue weighted by Crippen LogP contribution is -2.47. The minimum Gasteiger partial charge on any atom is -0.480 e. The summed E-state index contributed by atoms with van der Waals surface area (Å²) in [4.78, 5) is 91.8. The Labute approximate surface area is 776 Å². The highest BCUT2D eigenvalue weighted by Crippen LogP contribution is 2.42. The van der Waals surface area contributed by atoms with Crippen LogP contribution in [0.4, 0.5) is 5.82 Å². The Morgan fingerprint density at radius 3 is 1.49 bits per heavy atom. The summed E-state index contributed by atoms with van der Waals surface area (Å²) in [6.45, 7) is 18.0. The van der Waals surface area contributed by atoms with E-state index >= 15 is 0 Å². The predicted octanol–water partition coefficient (Wildman–Crippen LogP) is 19.6. The molecule has 10 aromatic carbocycles. The SMILES string of the molecule is CCCCC(=O)N(Cc1ccc(-c2ccccc2-c2nn[nH]n2)cc1)[C@H](C(=O)O)C(C)C.CCCCC1=NC2(CCCC2)C(=O)N1Cc1ccc(-c2ccccc2-c2nn[nH]n2)cc1.CCCc1nc2c(C)cc(-c3nc4ccccc4n3C)cc2n1Cc1ccc(-c2ccccc2C(=O)O)cc1.Cc1nc(C)c2c(n1)N(Cc1ccc(-c3ccccc3-c3nn[nH]n3)cc1)C(=O)CC2. The summed E-state index contributed by atoms with van der Waals surface area (Å²) in [5, 5.41) is 62.5. The number of carbonyl (C=O) groups is 5. The van der Waals surface area contributed by atoms with Crippen LogP contribution in [-0.4, -0.2) is 158 Å². The molecule has 1 aliphatic carbocycles. The van der Waals surface area contributed by atoms with Crippen LogP contribution in [0.3, 0.4) is 0 Å². The molecule has 8 heterocycles. The number of benzene rings is 10. The Morgan fingerprint density at radius 2 is 0.993 bits per heavy atom. The second-order valence-corrected chi connectivity index (χ2v) is 34.5. The number of aromatic carboxylic acids is 1. The molecule has 134 heavy (non-hydrogen) atoms. The average molecular weight is 1790 g/mol. The first-order chi connectivity index (χ1) is 65.2. The number of aliphatic carboxylic acids is 1. The highest BCUT2D eigenvalue weighted by atomic mass is 16.4. The van der Waals surface area contributed by atoms with Gasteiger partial charge in [-0.05, 0) is 184 Å². The number of carboxylic acid groups (broad SMARTS) is 2. The molecule has 19 rings (SSSR count). The monoisotopic (exact) mass is 1790 g/mol. The number of aliphatic imine (C=N–C) groups is 1. The summed E-state index contributed by atoms with van der Waals surface area (Å²) in [7, 11) is 2.06. The van der Waals surface area contributed by atoms with Crippen LogP contribution in [-0.2, 0) is 65.2 Å². The van der Waals surface area contributed by atoms with E-state index in [-0.39, 0.29) is 30.2 Å². The Kier molecular flexibility index (Phi) is 28.5. The van der Waals surface area contributed by atoms with Crippen molar-refractivity contribution in [2.24, 2.45) is 18.0 Å². The molecule has 29 heteroatoms. The average Bonchev–Trinajstić information content (AvgIpc) is 1.60. The molecule has 680 valence electrons. The second-order valence-electron chi connectivity index (χ2n) is 34.5. The molecule has 0 radical (unpaired) electrons. The molecule has 0 bridgehead atoms. The number of tetrazole rings is 3. The number of amides is 3. The van der Waals surface area contributed by atoms with Gasteiger partial charge in [-0.15, -0.1) is 30.6 Å². The van der Waals surface area contributed by atoms with Gasteiger partial charge in [0.1, 0.15) is 40.7 Å². The van der Waals surface area contributed by atoms with Gasteiger partial charge in [0.15, 0.2) is 0 Å². The Bertz CT molecular complexity index is 6860. The molecule has 2 aliphatic heterocycles. The summed E-state index contributed by atoms with van der Waals surface area (Å²) >= 11 is 0. The van der Waals surface area contributed by atoms with Crippen molar-refractivity contribution in [1.29, 1.82) is 0 Å². The molecule has 16 aromatic rings. The topological polar surface area (TPSA) is 373 Å². The minimum atomic E-state index is -0.976. The van der Waals surface area contributed by atoms with Crippen molar-refractivity contribution in [3.8, 4) is 90.1 Å². The number of nitrogens with zero attached hydrogens (tertiary/aromatic N) is 19. The summed E-state index contributed by atoms with van der Waals surface area (Å²) in [5.41, 5.74) is 22.8. The van der Waals surface area contributed by atoms with E-state index in [9.17, 15) is 34.2 Å². The first-order valence-electron chi connectivity index (χ1n) is 45.8. The van der Waals surface area contributed by atoms with E-state index < -0.39 is 23.5 Å². The van der Waals surface area contributed by atoms with Gasteiger partial charge < -0.3 is 24.2 Å². The van der Waals surface area contributed by atoms with E-state index in [2.05, 4.69) is 182 Å². The number of anilines is 1. The van der Waals surface area contributed by atoms with Crippen LogP contribution in [0.15, 0.2) is 236 Å². The van der Waals surface area contributed by atoms with Gasteiger partial charge in [-0.1, -0.05) is 260 Å². The van der Waals surface area contributed by atoms with E-state index in [4.69, 9.17) is 15.0 Å². The maximum atomic E-state index is 13.4. The van der Waals surface area contributed by atoms with Gasteiger partial charge in [0, 0.05) is 79.3 Å². The van der Waals surface area contributed by atoms with Crippen LogP contribution in [0.1, 0.15) is 173 Å². The third-order valence-electron chi connectivity index (χ3n) is 25.0. The number of carboxylic acids is 2. The molecule has 1 fully saturated rings. The maximum absolute atomic E-state index is 13.4. The molecule has 0 unspecified atom stereocenters. The number of aromatic nitrogens is 18. The first-order valence-corrected chi connectivity index (χ1v) is 45.8. The third-order valence-corrected chi connectivity index (χ3v) is 25.0. The lowest BCUT2D eigenvalue weighted by atomic mass is 9.97. The molecule has 3 aliphatic rings. The van der Waals surface area contributed by atoms with Gasteiger partial charge in [0.05, 0.1) is 40.7 Å². The molecular formula is C105H108N22O7. The molecule has 1 saturated carbocycles. The van der Waals surface area contributed by atoms with Crippen molar-refractivity contribution in [1.82, 2.24) is 101 Å². The fourth-order valence-corrected chi connectivity index (χ4v) is 18.2. The number of aryl methyl sites for hydroxylation is 5. The van der Waals surface area contributed by atoms with Crippen molar-refractivity contribution in [2.75, 3.05) is 4.90 Å². The van der Waals surface area contributed by atoms with E-state index in [1.807, 2.05) is 185 Å². The number of amidine groups is 1. The van der Waals surface area contributed by atoms with Crippen LogP contribution in [0.25, 0.3) is 112 Å². The van der Waals surface area contributed by atoms with Gasteiger partial charge >= 0.3 is 11.9 Å². The molecule has 5 N–H and O–H groups in total. The van der Waals surface area contributed by atoms with Crippen LogP contribution in [0, 0.1) is 26.7 Å². The zero-order valence-electron chi connectivity index (χ0n) is 76.8. The Morgan fingerprint density at radius 1 is 0.500 bits per heavy atom. The highest BCUT2D eigenvalue weighted by molar-refractivity contribution is 6.08. The summed E-state index contributed by atoms with van der Waals surface area (Å²) < 4.78 is 4.47. The molecule has 1 atom stereocenters. The predicted molar refractivity (Wildman–Crippen MR) is 517 cm³/mol. The number of hydrogen-bond acceptors (Lipinski definition) is 19. The number of carbonyl (C=O) groups excluding carboxylic acids is 3. The van der Waals surface area contributed by atoms with Crippen LogP contribution in [0.5, 0.6) is 0 Å². The molecule has 29 nitrogen and oxygen atoms in total. The molecule has 6 aromatic heterocycles. The molecule has 0 saturated heterocycles. The zero-order chi connectivity index (χ0) is 93.5. The number of para-hydroxylation sites is 2. The fraction of sp³-hybridized carbons (Fsp3) is 0.286. The van der Waals surface area contributed by atoms with Crippen molar-refractivity contribution < 1.29 is 34.2 Å². The largest absolute Gasteiger partial charge is 0.480 e. The molecule has 3 amide bonds. The number of aromatic amines is 3. The van der Waals surface area contributed by atoms with E-state index in [0.717, 1.165) is 222 Å². The van der Waals surface area contributed by atoms with Crippen LogP contribution in [0.2, 0.25) is 0 Å². The Hall–Kier alpha value is -15.6. The van der Waals surface area contributed by atoms with Crippen molar-refractivity contribution in [2.45, 2.75) is 183 Å². The number of H-pyrrole nitrogens is 3. The highest BCUT2D eigenvalue weighted by Gasteiger charge is 2.49. The number of hydrogen-bond donors (Lipinski definition) is 5. The number of rotatable bonds is 28. The molecular weight excluding hydrogens is 1680 g/mol. The summed E-state index contributed by atoms with van der Waals surface area (Å²) in [5.74, 6) is 4.13. The van der Waals surface area contributed by atoms with E-state index in [1.165, 1.54) is 4.90 Å². The standard InChI is InChI=1S/C33H30N4O2.C25H28N6O.C24H29N5O3.C23H21N7O/c1-4-9-30-35-31-21(2)18-24(32-34-27-12-7-8-13-28(27)36(32)3)19-29(31)37(30)20-22-14-16-23(17-15-22)25-10-5-6-11-26(25)33(38)39;1-2-3-10-22-26-25(15-6-7-16-25)24(32)31(22)17-18-11-13-19(14-12-18)20-8-4-5-9-21(20)23-27-29-30-28-23;1-4-5-10-21(30)29(22(16(2)3)24(31)32)15-17-11-13-18(14-12-17)19-8-6-7-9-20(19)23-25-27-28-26-23;1-14-18-11-12-21(31)30(23(18)25-15(2)24-14)13-16-7-9-17(10-8-16)19-5-3-4-6-20(19)22-26-28-29-27-22/h5-8,10-19H,4,9,20H2,1-3H3,(H,38,39);4-5,8-9,11-14H,2-3,6-7,10,15-17H2,1H3,(H,27,28,29,30);6-9,11-14,16,22H,4-5,10,15H2,1-3H3,(H,31,32)(H,25,26,27,28);3-10H,11-13H2,1-2H3,(H,26,27,28,29)/t;;22-;/m..0./s1. The lowest BCUT2D eigenvalue weighted by Gasteiger charge is -2.32. The Balaban J connectivity index is 0.000000131. The lowest BCUT2D eigenvalue weighted by molar-refractivity contribution is -0.153. The number of nitrogens with one attached hydrogen (secondary N) is 3. The molecule has 1 spiro atoms. The van der Waals surface area contributed by atoms with Crippen molar-refractivity contribution in [3.05, 3.63) is 287 Å². The second kappa shape index (κ2) is 41.7. The minimum absolute atomic E-state index is 0.0940. The summed E-state index contributed by atoms with van der Waals surface area (Å²) in [6, 6.07) is 75.2. The van der Waals surface area contributed by atoms with E-state index in [0.29, 0.717) is 67.8 Å². The maximum Gasteiger partial charge on any atom is 0.336 e. The fourth-order valence-electron chi connectivity index (χ4n) is 18.2. The van der Waals surface area contributed by atoms with Gasteiger partial charge in [-0.2, -0.15) is 15.6 Å². The van der Waals surface area contributed by atoms with Crippen molar-refractivity contribution >= 4 is 63.4 Å². The normalized spacial score (nSPS) is 13.4. The summed E-state index contributed by atoms with van der Waals surface area (Å²) in [6.07, 6.45) is 12.1. The van der Waals surface area contributed by atoms with E-state index in [1.54, 1.807) is 17.0 Å².